The third-order valence-electron chi connectivity index (χ3n) is 3.51. The lowest BCUT2D eigenvalue weighted by atomic mass is 9.97. The zero-order valence-electron chi connectivity index (χ0n) is 13.6. The zero-order valence-corrected chi connectivity index (χ0v) is 13.6. The summed E-state index contributed by atoms with van der Waals surface area (Å²) in [6, 6.07) is 2.66. The van der Waals surface area contributed by atoms with E-state index in [4.69, 9.17) is 9.94 Å². The Kier molecular flexibility index (Phi) is 6.08. The van der Waals surface area contributed by atoms with E-state index in [9.17, 15) is 14.7 Å². The molecule has 0 amide bonds. The van der Waals surface area contributed by atoms with Crippen LogP contribution in [-0.4, -0.2) is 46.4 Å². The molecule has 6 nitrogen and oxygen atoms in total. The quantitative estimate of drug-likeness (QED) is 0.772. The van der Waals surface area contributed by atoms with Crippen LogP contribution in [0.1, 0.15) is 29.2 Å². The van der Waals surface area contributed by atoms with Gasteiger partial charge in [0, 0.05) is 7.05 Å². The van der Waals surface area contributed by atoms with Crippen LogP contribution in [0, 0.1) is 20.8 Å². The van der Waals surface area contributed by atoms with E-state index in [1.54, 1.807) is 0 Å². The molecule has 2 N–H and O–H groups in total. The van der Waals surface area contributed by atoms with Crippen molar-refractivity contribution in [2.75, 3.05) is 7.05 Å². The maximum Gasteiger partial charge on any atom is 0.329 e. The van der Waals surface area contributed by atoms with Crippen molar-refractivity contribution in [2.24, 2.45) is 0 Å². The van der Waals surface area contributed by atoms with Gasteiger partial charge in [-0.3, -0.25) is 4.79 Å². The molecule has 2 atom stereocenters. The Morgan fingerprint density at radius 2 is 1.73 bits per heavy atom. The second-order valence-corrected chi connectivity index (χ2v) is 5.59. The number of hydrogen-bond acceptors (Lipinski definition) is 5. The molecule has 0 bridgehead atoms. The fourth-order valence-corrected chi connectivity index (χ4v) is 2.55. The van der Waals surface area contributed by atoms with Crippen LogP contribution in [0.5, 0.6) is 0 Å². The van der Waals surface area contributed by atoms with E-state index in [0.29, 0.717) is 0 Å². The summed E-state index contributed by atoms with van der Waals surface area (Å²) < 4.78 is 0. The number of aliphatic carboxylic acids is 1. The summed E-state index contributed by atoms with van der Waals surface area (Å²) in [5.41, 5.74) is 3.96. The summed E-state index contributed by atoms with van der Waals surface area (Å²) in [4.78, 5) is 28.1. The van der Waals surface area contributed by atoms with Gasteiger partial charge in [0.15, 0.2) is 6.04 Å². The topological polar surface area (TPSA) is 87.1 Å². The highest BCUT2D eigenvalue weighted by Gasteiger charge is 2.30. The first kappa shape index (κ1) is 18.1. The molecule has 1 rings (SSSR count). The van der Waals surface area contributed by atoms with E-state index in [2.05, 4.69) is 0 Å². The van der Waals surface area contributed by atoms with Crippen molar-refractivity contribution in [3.63, 3.8) is 0 Å². The normalized spacial score (nSPS) is 13.8. The first-order chi connectivity index (χ1) is 10.1. The van der Waals surface area contributed by atoms with Crippen LogP contribution in [-0.2, 0) is 20.8 Å². The van der Waals surface area contributed by atoms with E-state index >= 15 is 0 Å². The Morgan fingerprint density at radius 1 is 1.23 bits per heavy atom. The number of hydrogen-bond donors (Lipinski definition) is 2. The van der Waals surface area contributed by atoms with Crippen LogP contribution < -0.4 is 0 Å². The van der Waals surface area contributed by atoms with Gasteiger partial charge in [0.05, 0.1) is 12.5 Å². The van der Waals surface area contributed by atoms with Crippen LogP contribution in [0.4, 0.5) is 0 Å². The lowest BCUT2D eigenvalue weighted by Crippen LogP contribution is -2.46. The van der Waals surface area contributed by atoms with Gasteiger partial charge < -0.3 is 15.1 Å². The number of nitrogens with zero attached hydrogens (tertiary/aromatic N) is 1. The van der Waals surface area contributed by atoms with Crippen molar-refractivity contribution in [2.45, 2.75) is 46.3 Å². The minimum Gasteiger partial charge on any atom is -0.480 e. The molecule has 0 fully saturated rings. The molecule has 0 aliphatic carbocycles. The number of carboxylic acid groups (broad SMARTS) is 1. The van der Waals surface area contributed by atoms with Crippen LogP contribution in [0.15, 0.2) is 12.1 Å². The van der Waals surface area contributed by atoms with Gasteiger partial charge in [0.25, 0.3) is 0 Å². The zero-order chi connectivity index (χ0) is 17.0. The van der Waals surface area contributed by atoms with Gasteiger partial charge in [-0.15, -0.1) is 5.06 Å². The fraction of sp³-hybridized carbons (Fsp3) is 0.500. The van der Waals surface area contributed by atoms with Gasteiger partial charge in [-0.1, -0.05) is 17.7 Å². The van der Waals surface area contributed by atoms with Crippen LogP contribution in [0.2, 0.25) is 0 Å². The summed E-state index contributed by atoms with van der Waals surface area (Å²) in [7, 11) is 1.32. The minimum absolute atomic E-state index is 0.0500. The monoisotopic (exact) mass is 309 g/mol. The summed E-state index contributed by atoms with van der Waals surface area (Å²) in [6.45, 7) is 7.15. The molecule has 0 unspecified atom stereocenters. The molecule has 0 saturated carbocycles. The Hall–Kier alpha value is -1.92. The third kappa shape index (κ3) is 4.54. The molecular weight excluding hydrogens is 286 g/mol. The van der Waals surface area contributed by atoms with Gasteiger partial charge in [0.1, 0.15) is 0 Å². The molecule has 0 heterocycles. The first-order valence-electron chi connectivity index (χ1n) is 7.04. The predicted molar refractivity (Wildman–Crippen MR) is 81.3 cm³/mol. The van der Waals surface area contributed by atoms with Crippen LogP contribution >= 0.6 is 0 Å². The maximum atomic E-state index is 12.0. The smallest absolute Gasteiger partial charge is 0.329 e. The lowest BCUT2D eigenvalue weighted by molar-refractivity contribution is -0.206. The number of aryl methyl sites for hydroxylation is 3. The highest BCUT2D eigenvalue weighted by atomic mass is 16.7. The Labute approximate surface area is 130 Å². The first-order valence-corrected chi connectivity index (χ1v) is 7.04. The number of rotatable bonds is 6. The molecule has 122 valence electrons. The minimum atomic E-state index is -1.30. The number of carbonyl (C=O) groups excluding carboxylic acids is 1. The Morgan fingerprint density at radius 3 is 2.14 bits per heavy atom. The Bertz CT molecular complexity index is 545. The van der Waals surface area contributed by atoms with Gasteiger partial charge in [-0.25, -0.2) is 4.79 Å². The molecule has 0 saturated heterocycles. The van der Waals surface area contributed by atoms with E-state index < -0.39 is 24.1 Å². The van der Waals surface area contributed by atoms with Crippen molar-refractivity contribution >= 4 is 11.9 Å². The number of carboxylic acids is 1. The number of benzene rings is 1. The number of aliphatic hydroxyl groups is 1. The third-order valence-corrected chi connectivity index (χ3v) is 3.51. The number of aliphatic hydroxyl groups excluding tert-OH is 1. The number of likely N-dealkylation sites (N-methyl/N-ethyl adjacent to an activating group) is 1. The van der Waals surface area contributed by atoms with E-state index in [1.165, 1.54) is 14.0 Å². The molecule has 0 aliphatic rings. The SMILES string of the molecule is Cc1cc(C)c(CC(=O)ON(C)[C@H](C(=O)O)[C@@H](C)O)c(C)c1. The average molecular weight is 309 g/mol. The highest BCUT2D eigenvalue weighted by Crippen LogP contribution is 2.17. The molecule has 1 aromatic rings. The van der Waals surface area contributed by atoms with Crippen molar-refractivity contribution in [1.29, 1.82) is 0 Å². The molecule has 6 heteroatoms. The molecule has 0 spiro atoms. The van der Waals surface area contributed by atoms with E-state index in [-0.39, 0.29) is 6.42 Å². The summed E-state index contributed by atoms with van der Waals surface area (Å²) in [6.07, 6.45) is -1.12. The van der Waals surface area contributed by atoms with Crippen molar-refractivity contribution in [1.82, 2.24) is 5.06 Å². The second kappa shape index (κ2) is 7.38. The molecule has 0 radical (unpaired) electrons. The van der Waals surface area contributed by atoms with Crippen molar-refractivity contribution in [3.8, 4) is 0 Å². The molecule has 0 aliphatic heterocycles. The standard InChI is InChI=1S/C16H23NO5/c1-9-6-10(2)13(11(3)7-9)8-14(19)22-17(5)15(12(4)18)16(20)21/h6-7,12,15,18H,8H2,1-5H3,(H,20,21)/t12-,15+/m1/s1. The largest absolute Gasteiger partial charge is 0.480 e. The average Bonchev–Trinajstić information content (AvgIpc) is 2.32. The molecule has 0 aromatic heterocycles. The van der Waals surface area contributed by atoms with Crippen molar-refractivity contribution in [3.05, 3.63) is 34.4 Å². The van der Waals surface area contributed by atoms with Gasteiger partial charge in [0.2, 0.25) is 0 Å². The molecular formula is C16H23NO5. The van der Waals surface area contributed by atoms with E-state index in [0.717, 1.165) is 27.3 Å². The summed E-state index contributed by atoms with van der Waals surface area (Å²) >= 11 is 0. The van der Waals surface area contributed by atoms with Crippen molar-refractivity contribution < 1.29 is 24.6 Å². The maximum absolute atomic E-state index is 12.0. The fourth-order valence-electron chi connectivity index (χ4n) is 2.55. The van der Waals surface area contributed by atoms with E-state index in [1.807, 2.05) is 32.9 Å². The van der Waals surface area contributed by atoms with Gasteiger partial charge in [-0.2, -0.15) is 0 Å². The van der Waals surface area contributed by atoms with Crippen LogP contribution in [0.3, 0.4) is 0 Å². The van der Waals surface area contributed by atoms with Crippen LogP contribution in [0.25, 0.3) is 0 Å². The number of carbonyl (C=O) groups is 2. The lowest BCUT2D eigenvalue weighted by Gasteiger charge is -2.25. The number of hydroxylamine groups is 2. The second-order valence-electron chi connectivity index (χ2n) is 5.59. The van der Waals surface area contributed by atoms with Gasteiger partial charge >= 0.3 is 11.9 Å². The summed E-state index contributed by atoms with van der Waals surface area (Å²) in [5, 5.41) is 19.4. The predicted octanol–water partition coefficient (Wildman–Crippen LogP) is 1.38. The Balaban J connectivity index is 2.81. The van der Waals surface area contributed by atoms with Gasteiger partial charge in [-0.05, 0) is 44.4 Å². The molecule has 1 aromatic carbocycles. The molecule has 22 heavy (non-hydrogen) atoms. The highest BCUT2D eigenvalue weighted by molar-refractivity contribution is 5.76. The summed E-state index contributed by atoms with van der Waals surface area (Å²) in [5.74, 6) is -1.82.